The molecule has 2 rings (SSSR count). The first kappa shape index (κ1) is 8.34. The van der Waals surface area contributed by atoms with Crippen LogP contribution in [0.1, 0.15) is 11.5 Å². The summed E-state index contributed by atoms with van der Waals surface area (Å²) in [6.07, 6.45) is -2.70. The molecule has 1 aromatic heterocycles. The molecular formula is C8H7F3N2. The van der Waals surface area contributed by atoms with Crippen molar-refractivity contribution in [1.82, 2.24) is 4.98 Å². The molecule has 0 fully saturated rings. The van der Waals surface area contributed by atoms with Gasteiger partial charge in [-0.05, 0) is 6.07 Å². The third kappa shape index (κ3) is 1.34. The zero-order valence-electron chi connectivity index (χ0n) is 6.60. The number of alkyl halides is 3. The van der Waals surface area contributed by atoms with Crippen molar-refractivity contribution in [2.75, 3.05) is 11.9 Å². The van der Waals surface area contributed by atoms with E-state index in [-0.39, 0.29) is 12.1 Å². The van der Waals surface area contributed by atoms with E-state index in [0.29, 0.717) is 5.82 Å². The quantitative estimate of drug-likeness (QED) is 0.674. The maximum atomic E-state index is 12.4. The molecule has 0 amide bonds. The summed E-state index contributed by atoms with van der Waals surface area (Å²) in [6, 6.07) is 2.98. The van der Waals surface area contributed by atoms with Crippen LogP contribution in [0.15, 0.2) is 18.3 Å². The second-order valence-electron chi connectivity index (χ2n) is 2.92. The predicted octanol–water partition coefficient (Wildman–Crippen LogP) is 2.15. The normalized spacial score (nSPS) is 21.0. The fourth-order valence-corrected chi connectivity index (χ4v) is 1.45. The molecule has 0 bridgehead atoms. The summed E-state index contributed by atoms with van der Waals surface area (Å²) in [7, 11) is 0. The Morgan fingerprint density at radius 2 is 2.23 bits per heavy atom. The fraction of sp³-hybridized carbons (Fsp3) is 0.375. The lowest BCUT2D eigenvalue weighted by Crippen LogP contribution is -2.22. The van der Waals surface area contributed by atoms with Crippen molar-refractivity contribution in [3.05, 3.63) is 23.9 Å². The van der Waals surface area contributed by atoms with E-state index in [1.54, 1.807) is 0 Å². The number of hydrogen-bond donors (Lipinski definition) is 1. The molecule has 0 unspecified atom stereocenters. The molecule has 0 spiro atoms. The van der Waals surface area contributed by atoms with Crippen LogP contribution in [0.3, 0.4) is 0 Å². The third-order valence-corrected chi connectivity index (χ3v) is 2.08. The number of nitrogens with one attached hydrogen (secondary N) is 1. The van der Waals surface area contributed by atoms with E-state index in [1.807, 2.05) is 0 Å². The zero-order valence-corrected chi connectivity index (χ0v) is 6.60. The monoisotopic (exact) mass is 188 g/mol. The molecule has 1 atom stereocenters. The van der Waals surface area contributed by atoms with Crippen LogP contribution >= 0.6 is 0 Å². The molecule has 0 saturated carbocycles. The summed E-state index contributed by atoms with van der Waals surface area (Å²) in [4.78, 5) is 3.81. The summed E-state index contributed by atoms with van der Waals surface area (Å²) >= 11 is 0. The standard InChI is InChI=1S/C8H7F3N2/c9-8(10,11)6-4-13-7-5(6)2-1-3-12-7/h1-3,6H,4H2,(H,12,13)/t6-/m1/s1. The minimum absolute atomic E-state index is 0.101. The van der Waals surface area contributed by atoms with Gasteiger partial charge in [-0.25, -0.2) is 4.98 Å². The van der Waals surface area contributed by atoms with Crippen molar-refractivity contribution in [3.8, 4) is 0 Å². The Labute approximate surface area is 72.8 Å². The number of nitrogens with zero attached hydrogens (tertiary/aromatic N) is 1. The Hall–Kier alpha value is -1.26. The van der Waals surface area contributed by atoms with Gasteiger partial charge in [0.15, 0.2) is 0 Å². The van der Waals surface area contributed by atoms with Gasteiger partial charge in [0, 0.05) is 18.3 Å². The molecule has 1 N–H and O–H groups in total. The molecule has 1 aliphatic rings. The highest BCUT2D eigenvalue weighted by molar-refractivity contribution is 5.52. The fourth-order valence-electron chi connectivity index (χ4n) is 1.45. The third-order valence-electron chi connectivity index (χ3n) is 2.08. The van der Waals surface area contributed by atoms with Gasteiger partial charge < -0.3 is 5.32 Å². The lowest BCUT2D eigenvalue weighted by molar-refractivity contribution is -0.145. The predicted molar refractivity (Wildman–Crippen MR) is 41.5 cm³/mol. The minimum atomic E-state index is -4.18. The molecule has 5 heteroatoms. The summed E-state index contributed by atoms with van der Waals surface area (Å²) in [5, 5.41) is 2.63. The van der Waals surface area contributed by atoms with Crippen LogP contribution in [0.5, 0.6) is 0 Å². The number of hydrogen-bond acceptors (Lipinski definition) is 2. The first-order valence-corrected chi connectivity index (χ1v) is 3.84. The van der Waals surface area contributed by atoms with Crippen LogP contribution < -0.4 is 5.32 Å². The van der Waals surface area contributed by atoms with Crippen LogP contribution in [0.2, 0.25) is 0 Å². The topological polar surface area (TPSA) is 24.9 Å². The molecule has 2 heterocycles. The average molecular weight is 188 g/mol. The molecule has 0 aliphatic carbocycles. The van der Waals surface area contributed by atoms with Crippen LogP contribution in [-0.4, -0.2) is 17.7 Å². The van der Waals surface area contributed by atoms with E-state index in [1.165, 1.54) is 18.3 Å². The Morgan fingerprint density at radius 3 is 2.92 bits per heavy atom. The highest BCUT2D eigenvalue weighted by Crippen LogP contribution is 2.40. The van der Waals surface area contributed by atoms with Crippen LogP contribution in [0.4, 0.5) is 19.0 Å². The smallest absolute Gasteiger partial charge is 0.369 e. The van der Waals surface area contributed by atoms with E-state index >= 15 is 0 Å². The van der Waals surface area contributed by atoms with Crippen molar-refractivity contribution >= 4 is 5.82 Å². The van der Waals surface area contributed by atoms with Crippen molar-refractivity contribution in [2.45, 2.75) is 12.1 Å². The Kier molecular flexibility index (Phi) is 1.68. The van der Waals surface area contributed by atoms with Crippen LogP contribution in [0.25, 0.3) is 0 Å². The van der Waals surface area contributed by atoms with Gasteiger partial charge in [0.25, 0.3) is 0 Å². The first-order chi connectivity index (χ1) is 6.09. The van der Waals surface area contributed by atoms with Gasteiger partial charge in [0.2, 0.25) is 0 Å². The van der Waals surface area contributed by atoms with Crippen molar-refractivity contribution in [3.63, 3.8) is 0 Å². The van der Waals surface area contributed by atoms with E-state index in [2.05, 4.69) is 10.3 Å². The number of halogens is 3. The van der Waals surface area contributed by atoms with Gasteiger partial charge in [-0.15, -0.1) is 0 Å². The molecule has 1 aliphatic heterocycles. The number of aromatic nitrogens is 1. The lowest BCUT2D eigenvalue weighted by atomic mass is 10.0. The Balaban J connectivity index is 2.39. The lowest BCUT2D eigenvalue weighted by Gasteiger charge is -2.13. The summed E-state index contributed by atoms with van der Waals surface area (Å²) in [5.41, 5.74) is 0.245. The van der Waals surface area contributed by atoms with E-state index in [4.69, 9.17) is 0 Å². The van der Waals surface area contributed by atoms with Gasteiger partial charge >= 0.3 is 6.18 Å². The van der Waals surface area contributed by atoms with Crippen LogP contribution in [-0.2, 0) is 0 Å². The summed E-state index contributed by atoms with van der Waals surface area (Å²) in [6.45, 7) is -0.101. The summed E-state index contributed by atoms with van der Waals surface area (Å²) < 4.78 is 37.1. The molecular weight excluding hydrogens is 181 g/mol. The van der Waals surface area contributed by atoms with Crippen molar-refractivity contribution in [2.24, 2.45) is 0 Å². The Bertz CT molecular complexity index is 321. The molecule has 0 saturated heterocycles. The highest BCUT2D eigenvalue weighted by atomic mass is 19.4. The largest absolute Gasteiger partial charge is 0.397 e. The zero-order chi connectivity index (χ0) is 9.47. The molecule has 0 aromatic carbocycles. The molecule has 13 heavy (non-hydrogen) atoms. The average Bonchev–Trinajstić information content (AvgIpc) is 2.45. The van der Waals surface area contributed by atoms with Crippen molar-refractivity contribution in [1.29, 1.82) is 0 Å². The van der Waals surface area contributed by atoms with Gasteiger partial charge in [-0.3, -0.25) is 0 Å². The van der Waals surface area contributed by atoms with Gasteiger partial charge in [-0.2, -0.15) is 13.2 Å². The molecule has 2 nitrogen and oxygen atoms in total. The summed E-state index contributed by atoms with van der Waals surface area (Å²) in [5.74, 6) is -1.05. The van der Waals surface area contributed by atoms with Crippen molar-refractivity contribution < 1.29 is 13.2 Å². The second-order valence-corrected chi connectivity index (χ2v) is 2.92. The van der Waals surface area contributed by atoms with Gasteiger partial charge in [0.1, 0.15) is 11.7 Å². The number of pyridine rings is 1. The van der Waals surface area contributed by atoms with Gasteiger partial charge in [0.05, 0.1) is 0 Å². The van der Waals surface area contributed by atoms with Gasteiger partial charge in [-0.1, -0.05) is 6.07 Å². The minimum Gasteiger partial charge on any atom is -0.369 e. The van der Waals surface area contributed by atoms with Crippen LogP contribution in [0, 0.1) is 0 Å². The van der Waals surface area contributed by atoms with E-state index < -0.39 is 12.1 Å². The SMILES string of the molecule is FC(F)(F)[C@@H]1CNc2ncccc21. The van der Waals surface area contributed by atoms with E-state index in [9.17, 15) is 13.2 Å². The second kappa shape index (κ2) is 2.61. The number of anilines is 1. The first-order valence-electron chi connectivity index (χ1n) is 3.84. The maximum Gasteiger partial charge on any atom is 0.397 e. The number of fused-ring (bicyclic) bond motifs is 1. The maximum absolute atomic E-state index is 12.4. The molecule has 0 radical (unpaired) electrons. The molecule has 1 aromatic rings. The number of rotatable bonds is 0. The Morgan fingerprint density at radius 1 is 1.46 bits per heavy atom. The highest BCUT2D eigenvalue weighted by Gasteiger charge is 2.44. The van der Waals surface area contributed by atoms with E-state index in [0.717, 1.165) is 0 Å². The molecule has 70 valence electrons.